The van der Waals surface area contributed by atoms with Crippen LogP contribution in [-0.4, -0.2) is 26.8 Å². The zero-order valence-electron chi connectivity index (χ0n) is 9.68. The first kappa shape index (κ1) is 12.8. The maximum Gasteiger partial charge on any atom is 0.313 e. The van der Waals surface area contributed by atoms with Gasteiger partial charge in [-0.3, -0.25) is 4.79 Å². The van der Waals surface area contributed by atoms with E-state index >= 15 is 0 Å². The summed E-state index contributed by atoms with van der Waals surface area (Å²) in [6, 6.07) is 4.60. The van der Waals surface area contributed by atoms with Gasteiger partial charge in [-0.2, -0.15) is 0 Å². The molecule has 1 heterocycles. The zero-order valence-corrected chi connectivity index (χ0v) is 10.5. The molecular formula is C12H11FN2O2S. The minimum Gasteiger partial charge on any atom is -0.481 e. The fourth-order valence-electron chi connectivity index (χ4n) is 1.55. The molecule has 2 rings (SSSR count). The maximum atomic E-state index is 13.8. The van der Waals surface area contributed by atoms with Crippen LogP contribution in [0.3, 0.4) is 0 Å². The van der Waals surface area contributed by atoms with Gasteiger partial charge in [-0.05, 0) is 12.1 Å². The summed E-state index contributed by atoms with van der Waals surface area (Å²) in [5, 5.41) is 9.36. The molecule has 0 spiro atoms. The van der Waals surface area contributed by atoms with E-state index in [1.807, 2.05) is 6.92 Å². The molecule has 0 unspecified atom stereocenters. The average Bonchev–Trinajstić information content (AvgIpc) is 2.35. The number of hydrogen-bond acceptors (Lipinski definition) is 4. The van der Waals surface area contributed by atoms with Crippen molar-refractivity contribution in [3.8, 4) is 0 Å². The number of thioether (sulfide) groups is 1. The molecule has 0 saturated carbocycles. The van der Waals surface area contributed by atoms with Gasteiger partial charge < -0.3 is 5.11 Å². The van der Waals surface area contributed by atoms with Crippen molar-refractivity contribution >= 4 is 28.6 Å². The van der Waals surface area contributed by atoms with Gasteiger partial charge in [0.15, 0.2) is 0 Å². The number of aliphatic carboxylic acids is 1. The van der Waals surface area contributed by atoms with Gasteiger partial charge >= 0.3 is 5.97 Å². The number of nitrogens with zero attached hydrogens (tertiary/aromatic N) is 2. The first-order valence-electron chi connectivity index (χ1n) is 5.41. The molecule has 1 N–H and O–H groups in total. The monoisotopic (exact) mass is 266 g/mol. The van der Waals surface area contributed by atoms with E-state index < -0.39 is 11.8 Å². The molecule has 0 radical (unpaired) electrons. The molecule has 1 aromatic carbocycles. The summed E-state index contributed by atoms with van der Waals surface area (Å²) in [5.74, 6) is -0.950. The standard InChI is InChI=1S/C12H11FN2O2S/c1-2-9-14-8-5-3-4-7(13)11(8)12(15-9)18-6-10(16)17/h3-5H,2,6H2,1H3,(H,16,17). The van der Waals surface area contributed by atoms with Crippen LogP contribution in [0, 0.1) is 5.82 Å². The normalized spacial score (nSPS) is 10.8. The largest absolute Gasteiger partial charge is 0.481 e. The van der Waals surface area contributed by atoms with Crippen molar-refractivity contribution < 1.29 is 14.3 Å². The summed E-state index contributed by atoms with van der Waals surface area (Å²) in [5.41, 5.74) is 0.509. The van der Waals surface area contributed by atoms with Crippen LogP contribution in [0.25, 0.3) is 10.9 Å². The second-order valence-electron chi connectivity index (χ2n) is 3.61. The lowest BCUT2D eigenvalue weighted by Gasteiger charge is -2.07. The summed E-state index contributed by atoms with van der Waals surface area (Å²) in [6.45, 7) is 1.89. The molecule has 0 aliphatic heterocycles. The van der Waals surface area contributed by atoms with Crippen molar-refractivity contribution in [1.82, 2.24) is 9.97 Å². The summed E-state index contributed by atoms with van der Waals surface area (Å²) in [6.07, 6.45) is 0.618. The Hall–Kier alpha value is -1.69. The first-order valence-corrected chi connectivity index (χ1v) is 6.40. The second-order valence-corrected chi connectivity index (χ2v) is 4.58. The molecule has 1 aromatic heterocycles. The lowest BCUT2D eigenvalue weighted by atomic mass is 10.2. The van der Waals surface area contributed by atoms with Crippen LogP contribution in [0.4, 0.5) is 4.39 Å². The van der Waals surface area contributed by atoms with Gasteiger partial charge in [-0.15, -0.1) is 0 Å². The Balaban J connectivity index is 2.56. The number of fused-ring (bicyclic) bond motifs is 1. The van der Waals surface area contributed by atoms with Gasteiger partial charge in [0.25, 0.3) is 0 Å². The van der Waals surface area contributed by atoms with Gasteiger partial charge in [0.1, 0.15) is 16.7 Å². The SMILES string of the molecule is CCc1nc(SCC(=O)O)c2c(F)cccc2n1. The Morgan fingerprint density at radius 2 is 2.22 bits per heavy atom. The number of halogens is 1. The van der Waals surface area contributed by atoms with E-state index in [0.29, 0.717) is 28.2 Å². The van der Waals surface area contributed by atoms with Crippen LogP contribution in [0.5, 0.6) is 0 Å². The van der Waals surface area contributed by atoms with E-state index in [4.69, 9.17) is 5.11 Å². The number of rotatable bonds is 4. The Bertz CT molecular complexity index is 604. The third-order valence-corrected chi connectivity index (χ3v) is 3.29. The van der Waals surface area contributed by atoms with E-state index in [1.165, 1.54) is 6.07 Å². The van der Waals surface area contributed by atoms with Gasteiger partial charge in [0.2, 0.25) is 0 Å². The number of aryl methyl sites for hydroxylation is 1. The zero-order chi connectivity index (χ0) is 13.1. The number of hydrogen-bond donors (Lipinski definition) is 1. The predicted octanol–water partition coefficient (Wildman–Crippen LogP) is 2.51. The summed E-state index contributed by atoms with van der Waals surface area (Å²) < 4.78 is 13.8. The number of aromatic nitrogens is 2. The molecule has 0 amide bonds. The quantitative estimate of drug-likeness (QED) is 0.680. The maximum absolute atomic E-state index is 13.8. The van der Waals surface area contributed by atoms with Crippen molar-refractivity contribution in [3.63, 3.8) is 0 Å². The van der Waals surface area contributed by atoms with E-state index in [0.717, 1.165) is 11.8 Å². The van der Waals surface area contributed by atoms with Gasteiger partial charge in [0.05, 0.1) is 16.7 Å². The third-order valence-electron chi connectivity index (χ3n) is 2.33. The molecular weight excluding hydrogens is 255 g/mol. The van der Waals surface area contributed by atoms with Crippen LogP contribution in [0.15, 0.2) is 23.2 Å². The van der Waals surface area contributed by atoms with Crippen molar-refractivity contribution in [3.05, 3.63) is 29.8 Å². The fraction of sp³-hybridized carbons (Fsp3) is 0.250. The van der Waals surface area contributed by atoms with Crippen molar-refractivity contribution in [2.45, 2.75) is 18.4 Å². The molecule has 0 aliphatic rings. The molecule has 4 nitrogen and oxygen atoms in total. The van der Waals surface area contributed by atoms with Crippen LogP contribution < -0.4 is 0 Å². The van der Waals surface area contributed by atoms with E-state index in [2.05, 4.69) is 9.97 Å². The number of carbonyl (C=O) groups is 1. The second kappa shape index (κ2) is 5.30. The lowest BCUT2D eigenvalue weighted by molar-refractivity contribution is -0.133. The highest BCUT2D eigenvalue weighted by Gasteiger charge is 2.12. The van der Waals surface area contributed by atoms with E-state index in [9.17, 15) is 9.18 Å². The minimum atomic E-state index is -0.957. The van der Waals surface area contributed by atoms with Crippen molar-refractivity contribution in [2.75, 3.05) is 5.75 Å². The summed E-state index contributed by atoms with van der Waals surface area (Å²) >= 11 is 1.01. The highest BCUT2D eigenvalue weighted by atomic mass is 32.2. The van der Waals surface area contributed by atoms with E-state index in [-0.39, 0.29) is 5.75 Å². The van der Waals surface area contributed by atoms with Crippen molar-refractivity contribution in [2.24, 2.45) is 0 Å². The van der Waals surface area contributed by atoms with Crippen LogP contribution >= 0.6 is 11.8 Å². The van der Waals surface area contributed by atoms with Gasteiger partial charge in [0, 0.05) is 6.42 Å². The molecule has 0 atom stereocenters. The summed E-state index contributed by atoms with van der Waals surface area (Å²) in [7, 11) is 0. The highest BCUT2D eigenvalue weighted by Crippen LogP contribution is 2.27. The van der Waals surface area contributed by atoms with E-state index in [1.54, 1.807) is 12.1 Å². The van der Waals surface area contributed by atoms with Gasteiger partial charge in [-0.1, -0.05) is 24.8 Å². The Morgan fingerprint density at radius 1 is 1.44 bits per heavy atom. The van der Waals surface area contributed by atoms with Gasteiger partial charge in [-0.25, -0.2) is 14.4 Å². The Kier molecular flexibility index (Phi) is 3.76. The molecule has 0 bridgehead atoms. The number of benzene rings is 1. The predicted molar refractivity (Wildman–Crippen MR) is 67.2 cm³/mol. The molecule has 18 heavy (non-hydrogen) atoms. The molecule has 2 aromatic rings. The molecule has 6 heteroatoms. The van der Waals surface area contributed by atoms with Crippen molar-refractivity contribution in [1.29, 1.82) is 0 Å². The fourth-order valence-corrected chi connectivity index (χ4v) is 2.32. The minimum absolute atomic E-state index is 0.149. The topological polar surface area (TPSA) is 63.1 Å². The third kappa shape index (κ3) is 2.59. The van der Waals surface area contributed by atoms with Crippen LogP contribution in [0.2, 0.25) is 0 Å². The lowest BCUT2D eigenvalue weighted by Crippen LogP contribution is -2.02. The van der Waals surface area contributed by atoms with Crippen LogP contribution in [0.1, 0.15) is 12.7 Å². The van der Waals surface area contributed by atoms with Crippen LogP contribution in [-0.2, 0) is 11.2 Å². The molecule has 94 valence electrons. The molecule has 0 saturated heterocycles. The Labute approximate surface area is 107 Å². The number of carboxylic acids is 1. The smallest absolute Gasteiger partial charge is 0.313 e. The summed E-state index contributed by atoms with van der Waals surface area (Å²) in [4.78, 5) is 19.0. The molecule has 0 aliphatic carbocycles. The average molecular weight is 266 g/mol. The number of carboxylic acid groups (broad SMARTS) is 1. The first-order chi connectivity index (χ1) is 8.61. The highest BCUT2D eigenvalue weighted by molar-refractivity contribution is 8.00. The molecule has 0 fully saturated rings. The Morgan fingerprint density at radius 3 is 2.89 bits per heavy atom.